The van der Waals surface area contributed by atoms with Gasteiger partial charge >= 0.3 is 17.9 Å². The lowest BCUT2D eigenvalue weighted by Crippen LogP contribution is -2.30. The van der Waals surface area contributed by atoms with Crippen molar-refractivity contribution in [1.82, 2.24) is 0 Å². The fourth-order valence-corrected chi connectivity index (χ4v) is 7.23. The lowest BCUT2D eigenvalue weighted by molar-refractivity contribution is -0.167. The molecule has 0 fully saturated rings. The molecule has 6 heteroatoms. The summed E-state index contributed by atoms with van der Waals surface area (Å²) in [7, 11) is 0. The van der Waals surface area contributed by atoms with Crippen LogP contribution in [0.25, 0.3) is 0 Å². The lowest BCUT2D eigenvalue weighted by atomic mass is 10.1. The molecular weight excluding hydrogens is 781 g/mol. The summed E-state index contributed by atoms with van der Waals surface area (Å²) in [6, 6.07) is 0. The molecule has 0 aromatic carbocycles. The van der Waals surface area contributed by atoms with E-state index in [1.807, 2.05) is 0 Å². The molecule has 0 saturated heterocycles. The SMILES string of the molecule is CC/C=C\C/C=C\C/C=C\C/C=C\C/C=C\CCCCCC(=O)OCC(COC(=O)CCCCCCCCC)OC(=O)CCCCCCCCCCC/C=C\CCCCCCCC. The number of allylic oxidation sites excluding steroid dienone is 12. The van der Waals surface area contributed by atoms with Crippen molar-refractivity contribution >= 4 is 17.9 Å². The zero-order chi connectivity index (χ0) is 45.8. The van der Waals surface area contributed by atoms with Gasteiger partial charge in [0.2, 0.25) is 0 Å². The highest BCUT2D eigenvalue weighted by atomic mass is 16.6. The van der Waals surface area contributed by atoms with Gasteiger partial charge in [-0.15, -0.1) is 0 Å². The maximum Gasteiger partial charge on any atom is 0.306 e. The Kier molecular flexibility index (Phi) is 48.9. The number of rotatable bonds is 47. The Hall–Kier alpha value is -3.15. The molecule has 0 rings (SSSR count). The van der Waals surface area contributed by atoms with E-state index in [0.29, 0.717) is 19.3 Å². The van der Waals surface area contributed by atoms with Crippen molar-refractivity contribution in [1.29, 1.82) is 0 Å². The Morgan fingerprint density at radius 2 is 0.619 bits per heavy atom. The van der Waals surface area contributed by atoms with Crippen LogP contribution in [0.2, 0.25) is 0 Å². The van der Waals surface area contributed by atoms with Crippen molar-refractivity contribution in [3.8, 4) is 0 Å². The topological polar surface area (TPSA) is 78.9 Å². The molecule has 1 unspecified atom stereocenters. The van der Waals surface area contributed by atoms with Crippen molar-refractivity contribution in [3.63, 3.8) is 0 Å². The average molecular weight is 879 g/mol. The smallest absolute Gasteiger partial charge is 0.306 e. The molecule has 0 N–H and O–H groups in total. The van der Waals surface area contributed by atoms with E-state index in [4.69, 9.17) is 14.2 Å². The summed E-state index contributed by atoms with van der Waals surface area (Å²) in [5.74, 6) is -0.926. The van der Waals surface area contributed by atoms with Gasteiger partial charge in [0.05, 0.1) is 0 Å². The first kappa shape index (κ1) is 59.9. The van der Waals surface area contributed by atoms with Crippen LogP contribution in [0.15, 0.2) is 72.9 Å². The van der Waals surface area contributed by atoms with Crippen molar-refractivity contribution in [3.05, 3.63) is 72.9 Å². The summed E-state index contributed by atoms with van der Waals surface area (Å²) >= 11 is 0. The van der Waals surface area contributed by atoms with Crippen LogP contribution in [-0.4, -0.2) is 37.2 Å². The first-order valence-corrected chi connectivity index (χ1v) is 26.4. The number of unbranched alkanes of at least 4 members (excludes halogenated alkanes) is 24. The van der Waals surface area contributed by atoms with Gasteiger partial charge in [0.1, 0.15) is 13.2 Å². The Labute approximate surface area is 389 Å². The second kappa shape index (κ2) is 51.5. The highest BCUT2D eigenvalue weighted by molar-refractivity contribution is 5.71. The zero-order valence-electron chi connectivity index (χ0n) is 41.3. The van der Waals surface area contributed by atoms with Crippen LogP contribution in [0.1, 0.15) is 252 Å². The normalized spacial score (nSPS) is 12.6. The van der Waals surface area contributed by atoms with Crippen molar-refractivity contribution < 1.29 is 28.6 Å². The first-order chi connectivity index (χ1) is 31.0. The van der Waals surface area contributed by atoms with Crippen molar-refractivity contribution in [2.24, 2.45) is 0 Å². The van der Waals surface area contributed by atoms with E-state index in [1.165, 1.54) is 116 Å². The van der Waals surface area contributed by atoms with Crippen LogP contribution < -0.4 is 0 Å². The van der Waals surface area contributed by atoms with Gasteiger partial charge in [0, 0.05) is 19.3 Å². The number of carbonyl (C=O) groups excluding carboxylic acids is 3. The first-order valence-electron chi connectivity index (χ1n) is 26.4. The van der Waals surface area contributed by atoms with Gasteiger partial charge < -0.3 is 14.2 Å². The predicted octanol–water partition coefficient (Wildman–Crippen LogP) is 17.4. The van der Waals surface area contributed by atoms with E-state index in [0.717, 1.165) is 96.3 Å². The summed E-state index contributed by atoms with van der Waals surface area (Å²) in [6.45, 7) is 6.45. The molecule has 0 heterocycles. The Morgan fingerprint density at radius 1 is 0.333 bits per heavy atom. The third kappa shape index (κ3) is 49.7. The molecular formula is C57H98O6. The third-order valence-corrected chi connectivity index (χ3v) is 11.2. The van der Waals surface area contributed by atoms with E-state index in [-0.39, 0.29) is 31.1 Å². The molecule has 0 amide bonds. The fourth-order valence-electron chi connectivity index (χ4n) is 7.23. The number of carbonyl (C=O) groups is 3. The number of esters is 3. The second-order valence-corrected chi connectivity index (χ2v) is 17.4. The number of ether oxygens (including phenoxy) is 3. The molecule has 1 atom stereocenters. The molecule has 0 aliphatic rings. The molecule has 0 bridgehead atoms. The van der Waals surface area contributed by atoms with E-state index in [2.05, 4.69) is 93.7 Å². The molecule has 0 radical (unpaired) electrons. The van der Waals surface area contributed by atoms with Crippen LogP contribution in [0.5, 0.6) is 0 Å². The summed E-state index contributed by atoms with van der Waals surface area (Å²) in [5, 5.41) is 0. The maximum atomic E-state index is 12.8. The van der Waals surface area contributed by atoms with Gasteiger partial charge in [-0.3, -0.25) is 14.4 Å². The third-order valence-electron chi connectivity index (χ3n) is 11.2. The van der Waals surface area contributed by atoms with Crippen molar-refractivity contribution in [2.75, 3.05) is 13.2 Å². The molecule has 0 saturated carbocycles. The van der Waals surface area contributed by atoms with Crippen LogP contribution in [-0.2, 0) is 28.6 Å². The predicted molar refractivity (Wildman–Crippen MR) is 270 cm³/mol. The molecule has 63 heavy (non-hydrogen) atoms. The number of hydrogen-bond acceptors (Lipinski definition) is 6. The van der Waals surface area contributed by atoms with Gasteiger partial charge in [0.25, 0.3) is 0 Å². The summed E-state index contributed by atoms with van der Waals surface area (Å²) in [5.41, 5.74) is 0. The summed E-state index contributed by atoms with van der Waals surface area (Å²) in [6.07, 6.45) is 64.7. The van der Waals surface area contributed by atoms with Gasteiger partial charge in [-0.2, -0.15) is 0 Å². The summed E-state index contributed by atoms with van der Waals surface area (Å²) in [4.78, 5) is 37.8. The minimum Gasteiger partial charge on any atom is -0.462 e. The Bertz CT molecular complexity index is 1190. The van der Waals surface area contributed by atoms with Crippen molar-refractivity contribution in [2.45, 2.75) is 258 Å². The van der Waals surface area contributed by atoms with Gasteiger partial charge in [-0.1, -0.05) is 216 Å². The highest BCUT2D eigenvalue weighted by Gasteiger charge is 2.19. The number of hydrogen-bond donors (Lipinski definition) is 0. The quantitative estimate of drug-likeness (QED) is 0.0262. The minimum atomic E-state index is -0.786. The molecule has 0 aliphatic heterocycles. The Morgan fingerprint density at radius 3 is 1.00 bits per heavy atom. The van der Waals surface area contributed by atoms with Crippen LogP contribution in [0, 0.1) is 0 Å². The molecule has 0 aromatic heterocycles. The van der Waals surface area contributed by atoms with E-state index in [1.54, 1.807) is 0 Å². The van der Waals surface area contributed by atoms with Gasteiger partial charge in [-0.25, -0.2) is 0 Å². The second-order valence-electron chi connectivity index (χ2n) is 17.4. The fraction of sp³-hybridized carbons (Fsp3) is 0.737. The monoisotopic (exact) mass is 879 g/mol. The van der Waals surface area contributed by atoms with E-state index >= 15 is 0 Å². The maximum absolute atomic E-state index is 12.8. The zero-order valence-corrected chi connectivity index (χ0v) is 41.3. The molecule has 6 nitrogen and oxygen atoms in total. The molecule has 362 valence electrons. The average Bonchev–Trinajstić information content (AvgIpc) is 3.28. The van der Waals surface area contributed by atoms with Crippen LogP contribution >= 0.6 is 0 Å². The lowest BCUT2D eigenvalue weighted by Gasteiger charge is -2.18. The van der Waals surface area contributed by atoms with Crippen LogP contribution in [0.3, 0.4) is 0 Å². The highest BCUT2D eigenvalue weighted by Crippen LogP contribution is 2.14. The molecule has 0 spiro atoms. The largest absolute Gasteiger partial charge is 0.462 e. The van der Waals surface area contributed by atoms with E-state index < -0.39 is 6.10 Å². The minimum absolute atomic E-state index is 0.0862. The van der Waals surface area contributed by atoms with Gasteiger partial charge in [0.15, 0.2) is 6.10 Å². The van der Waals surface area contributed by atoms with Gasteiger partial charge in [-0.05, 0) is 89.9 Å². The molecule has 0 aromatic rings. The standard InChI is InChI=1S/C57H98O6/c1-4-7-10-13-16-18-20-22-24-26-28-30-32-34-36-38-41-44-47-50-56(59)62-53-54(52-61-55(58)49-46-43-40-15-12-9-6-3)63-57(60)51-48-45-42-39-37-35-33-31-29-27-25-23-21-19-17-14-11-8-5-2/h7,10,16,18,22-25,28,30,34,36,54H,4-6,8-9,11-15,17,19-21,26-27,29,31-33,35,37-53H2,1-3H3/b10-7-,18-16-,24-22-,25-23-,30-28-,36-34-. The molecule has 0 aliphatic carbocycles. The van der Waals surface area contributed by atoms with Crippen LogP contribution in [0.4, 0.5) is 0 Å². The summed E-state index contributed by atoms with van der Waals surface area (Å²) < 4.78 is 16.7. The Balaban J connectivity index is 4.30. The van der Waals surface area contributed by atoms with E-state index in [9.17, 15) is 14.4 Å².